The first-order valence-corrected chi connectivity index (χ1v) is 6.97. The minimum absolute atomic E-state index is 0.00822. The third-order valence-electron chi connectivity index (χ3n) is 3.73. The van der Waals surface area contributed by atoms with Crippen LogP contribution in [0, 0.1) is 0 Å². The van der Waals surface area contributed by atoms with E-state index in [1.165, 1.54) is 27.4 Å². The molecule has 1 aliphatic carbocycles. The summed E-state index contributed by atoms with van der Waals surface area (Å²) in [5.74, 6) is 0.0713. The van der Waals surface area contributed by atoms with Gasteiger partial charge < -0.3 is 9.47 Å². The fraction of sp³-hybridized carbons (Fsp3) is 0.438. The molecule has 0 fully saturated rings. The molecule has 2 bridgehead atoms. The number of hydrogen-bond acceptors (Lipinski definition) is 5. The second-order valence-corrected chi connectivity index (χ2v) is 5.30. The Morgan fingerprint density at radius 3 is 2.59 bits per heavy atom. The van der Waals surface area contributed by atoms with Crippen molar-refractivity contribution in [1.82, 2.24) is 0 Å². The highest BCUT2D eigenvalue weighted by Gasteiger charge is 2.41. The van der Waals surface area contributed by atoms with Gasteiger partial charge in [0.1, 0.15) is 5.57 Å². The monoisotopic (exact) mass is 306 g/mol. The van der Waals surface area contributed by atoms with Crippen LogP contribution in [0.5, 0.6) is 0 Å². The van der Waals surface area contributed by atoms with Crippen LogP contribution < -0.4 is 0 Å². The van der Waals surface area contributed by atoms with Gasteiger partial charge in [0.05, 0.1) is 26.9 Å². The quantitative estimate of drug-likeness (QED) is 0.334. The first-order valence-electron chi connectivity index (χ1n) is 6.97. The fourth-order valence-electron chi connectivity index (χ4n) is 2.43. The van der Waals surface area contributed by atoms with Crippen LogP contribution in [0.1, 0.15) is 27.2 Å². The molecule has 0 radical (unpaired) electrons. The molecule has 6 heteroatoms. The average Bonchev–Trinajstić information content (AvgIpc) is 2.50. The van der Waals surface area contributed by atoms with Gasteiger partial charge in [-0.2, -0.15) is 0 Å². The van der Waals surface area contributed by atoms with Gasteiger partial charge in [-0.3, -0.25) is 4.79 Å². The predicted molar refractivity (Wildman–Crippen MR) is 79.0 cm³/mol. The highest BCUT2D eigenvalue weighted by Crippen LogP contribution is 2.34. The standard InChI is InChI=1S/C16H20NO5/c1-9-6-12-7-13(14(8-20-4)16(19)21-5)15(9)22-17(12)10(2)11(3)18/h7-8,10H,6H2,1-5H3/q+1. The Bertz CT molecular complexity index is 651. The molecule has 1 unspecified atom stereocenters. The number of ketones is 1. The molecule has 2 aliphatic heterocycles. The number of esters is 1. The van der Waals surface area contributed by atoms with Crippen LogP contribution in [0.25, 0.3) is 0 Å². The maximum absolute atomic E-state index is 11.9. The number of ether oxygens (including phenoxy) is 2. The number of methoxy groups -OCH3 is 2. The Morgan fingerprint density at radius 1 is 1.41 bits per heavy atom. The summed E-state index contributed by atoms with van der Waals surface area (Å²) < 4.78 is 11.4. The van der Waals surface area contributed by atoms with Gasteiger partial charge in [-0.05, 0) is 17.2 Å². The highest BCUT2D eigenvalue weighted by molar-refractivity contribution is 6.03. The molecule has 0 saturated heterocycles. The van der Waals surface area contributed by atoms with Crippen molar-refractivity contribution in [3.05, 3.63) is 34.8 Å². The Hall–Kier alpha value is -2.37. The van der Waals surface area contributed by atoms with E-state index in [0.717, 1.165) is 11.3 Å². The molecule has 3 rings (SSSR count). The smallest absolute Gasteiger partial charge is 0.341 e. The lowest BCUT2D eigenvalue weighted by molar-refractivity contribution is -0.789. The average molecular weight is 306 g/mol. The molecule has 0 aromatic carbocycles. The number of Topliss-reactive ketones (excluding diaryl/α,β-unsaturated/α-hetero) is 1. The van der Waals surface area contributed by atoms with Crippen molar-refractivity contribution in [3.8, 4) is 0 Å². The molecule has 0 amide bonds. The van der Waals surface area contributed by atoms with Crippen molar-refractivity contribution in [2.75, 3.05) is 14.2 Å². The van der Waals surface area contributed by atoms with E-state index < -0.39 is 5.97 Å². The zero-order valence-corrected chi connectivity index (χ0v) is 13.4. The molecule has 118 valence electrons. The van der Waals surface area contributed by atoms with Gasteiger partial charge in [0, 0.05) is 25.5 Å². The molecule has 0 saturated carbocycles. The summed E-state index contributed by atoms with van der Waals surface area (Å²) >= 11 is 0. The van der Waals surface area contributed by atoms with Gasteiger partial charge in [0.15, 0.2) is 0 Å². The van der Waals surface area contributed by atoms with E-state index in [-0.39, 0.29) is 17.4 Å². The summed E-state index contributed by atoms with van der Waals surface area (Å²) in [6.45, 7) is 5.24. The molecule has 22 heavy (non-hydrogen) atoms. The van der Waals surface area contributed by atoms with Crippen molar-refractivity contribution >= 4 is 17.5 Å². The van der Waals surface area contributed by atoms with Gasteiger partial charge >= 0.3 is 5.97 Å². The SMILES string of the molecule is COC=C(C(=O)OC)C1=CC2=[N+](C(C)C(C)=O)OC1=C(C)C2. The van der Waals surface area contributed by atoms with Gasteiger partial charge in [-0.1, -0.05) is 0 Å². The summed E-state index contributed by atoms with van der Waals surface area (Å²) in [5.41, 5.74) is 2.72. The van der Waals surface area contributed by atoms with Crippen molar-refractivity contribution in [2.45, 2.75) is 33.2 Å². The second kappa shape index (κ2) is 6.17. The van der Waals surface area contributed by atoms with E-state index in [1.54, 1.807) is 11.7 Å². The topological polar surface area (TPSA) is 64.8 Å². The third-order valence-corrected chi connectivity index (χ3v) is 3.73. The minimum atomic E-state index is -0.503. The maximum Gasteiger partial charge on any atom is 0.341 e. The van der Waals surface area contributed by atoms with Gasteiger partial charge in [0.2, 0.25) is 17.3 Å². The van der Waals surface area contributed by atoms with E-state index in [9.17, 15) is 9.59 Å². The number of nitrogens with zero attached hydrogens (tertiary/aromatic N) is 1. The lowest BCUT2D eigenvalue weighted by Gasteiger charge is -2.25. The summed E-state index contributed by atoms with van der Waals surface area (Å²) in [5, 5.41) is 0. The number of carbonyl (C=O) groups excluding carboxylic acids is 2. The molecule has 0 N–H and O–H groups in total. The Balaban J connectivity index is 2.51. The molecular weight excluding hydrogens is 286 g/mol. The Labute approximate surface area is 129 Å². The van der Waals surface area contributed by atoms with Crippen molar-refractivity contribution in [1.29, 1.82) is 0 Å². The van der Waals surface area contributed by atoms with E-state index in [4.69, 9.17) is 14.3 Å². The second-order valence-electron chi connectivity index (χ2n) is 5.30. The molecule has 0 aromatic rings. The highest BCUT2D eigenvalue weighted by atomic mass is 16.7. The van der Waals surface area contributed by atoms with Crippen molar-refractivity contribution in [3.63, 3.8) is 0 Å². The molecular formula is C16H20NO5+. The molecule has 6 nitrogen and oxygen atoms in total. The van der Waals surface area contributed by atoms with Gasteiger partial charge in [-0.15, -0.1) is 0 Å². The van der Waals surface area contributed by atoms with E-state index >= 15 is 0 Å². The van der Waals surface area contributed by atoms with Crippen LogP contribution in [0.15, 0.2) is 34.8 Å². The Morgan fingerprint density at radius 2 is 2.09 bits per heavy atom. The number of carbonyl (C=O) groups is 2. The third kappa shape index (κ3) is 2.68. The summed E-state index contributed by atoms with van der Waals surface area (Å²) in [6.07, 6.45) is 3.85. The first-order chi connectivity index (χ1) is 10.4. The van der Waals surface area contributed by atoms with Crippen LogP contribution in [0.3, 0.4) is 0 Å². The van der Waals surface area contributed by atoms with E-state index in [0.29, 0.717) is 17.8 Å². The van der Waals surface area contributed by atoms with Gasteiger partial charge in [0.25, 0.3) is 6.04 Å². The number of fused-ring (bicyclic) bond motifs is 2. The number of rotatable bonds is 5. The zero-order valence-electron chi connectivity index (χ0n) is 13.4. The minimum Gasteiger partial charge on any atom is -0.503 e. The number of allylic oxidation sites excluding steroid dienone is 3. The van der Waals surface area contributed by atoms with E-state index in [2.05, 4.69) is 0 Å². The van der Waals surface area contributed by atoms with E-state index in [1.807, 2.05) is 13.0 Å². The van der Waals surface area contributed by atoms with Crippen LogP contribution in [-0.2, 0) is 23.9 Å². The van der Waals surface area contributed by atoms with Crippen LogP contribution >= 0.6 is 0 Å². The number of hydrogen-bond donors (Lipinski definition) is 0. The summed E-state index contributed by atoms with van der Waals surface area (Å²) in [6, 6.07) is -0.385. The largest absolute Gasteiger partial charge is 0.503 e. The Kier molecular flexibility index (Phi) is 4.49. The fourth-order valence-corrected chi connectivity index (χ4v) is 2.43. The van der Waals surface area contributed by atoms with Crippen LogP contribution in [0.2, 0.25) is 0 Å². The predicted octanol–water partition coefficient (Wildman–Crippen LogP) is 1.67. The van der Waals surface area contributed by atoms with Crippen molar-refractivity contribution < 1.29 is 28.6 Å². The lowest BCUT2D eigenvalue weighted by Crippen LogP contribution is -2.39. The molecule has 1 atom stereocenters. The molecule has 0 spiro atoms. The number of hydroxylamine groups is 1. The zero-order chi connectivity index (χ0) is 16.4. The lowest BCUT2D eigenvalue weighted by atomic mass is 9.91. The molecule has 3 aliphatic rings. The first kappa shape index (κ1) is 16.0. The summed E-state index contributed by atoms with van der Waals surface area (Å²) in [7, 11) is 2.77. The van der Waals surface area contributed by atoms with Crippen molar-refractivity contribution in [2.24, 2.45) is 0 Å². The van der Waals surface area contributed by atoms with Crippen LogP contribution in [0.4, 0.5) is 0 Å². The normalized spacial score (nSPS) is 18.8. The van der Waals surface area contributed by atoms with Gasteiger partial charge in [-0.25, -0.2) is 9.63 Å². The van der Waals surface area contributed by atoms with Crippen LogP contribution in [-0.4, -0.2) is 42.5 Å². The molecule has 2 heterocycles. The maximum atomic E-state index is 11.9. The molecule has 0 aromatic heterocycles. The summed E-state index contributed by atoms with van der Waals surface area (Å²) in [4.78, 5) is 29.4.